The fourth-order valence-electron chi connectivity index (χ4n) is 4.66. The highest BCUT2D eigenvalue weighted by atomic mass is 19.4. The summed E-state index contributed by atoms with van der Waals surface area (Å²) in [5.74, 6) is -0.637. The van der Waals surface area contributed by atoms with E-state index in [-0.39, 0.29) is 23.7 Å². The fraction of sp³-hybridized carbons (Fsp3) is 0.333. The molecular weight excluding hydrogens is 474 g/mol. The maximum absolute atomic E-state index is 14.7. The highest BCUT2D eigenvalue weighted by Crippen LogP contribution is 2.38. The maximum Gasteiger partial charge on any atom is 0.416 e. The van der Waals surface area contributed by atoms with Gasteiger partial charge in [-0.2, -0.15) is 13.2 Å². The number of ether oxygens (including phenoxy) is 1. The van der Waals surface area contributed by atoms with Gasteiger partial charge >= 0.3 is 12.2 Å². The van der Waals surface area contributed by atoms with E-state index >= 15 is 0 Å². The van der Waals surface area contributed by atoms with Crippen molar-refractivity contribution in [2.75, 3.05) is 7.11 Å². The molecule has 0 saturated heterocycles. The monoisotopic (exact) mass is 501 g/mol. The molecule has 1 unspecified atom stereocenters. The zero-order chi connectivity index (χ0) is 25.8. The number of hydrogen-bond acceptors (Lipinski definition) is 3. The van der Waals surface area contributed by atoms with Crippen LogP contribution in [0, 0.1) is 5.82 Å². The third-order valence-corrected chi connectivity index (χ3v) is 6.46. The number of aromatic nitrogens is 1. The molecule has 1 saturated carbocycles. The Balaban J connectivity index is 1.89. The van der Waals surface area contributed by atoms with Gasteiger partial charge in [-0.25, -0.2) is 9.18 Å². The van der Waals surface area contributed by atoms with Crippen LogP contribution in [0.3, 0.4) is 0 Å². The number of methoxy groups -OCH3 is 1. The van der Waals surface area contributed by atoms with Crippen molar-refractivity contribution in [1.82, 2.24) is 15.6 Å². The van der Waals surface area contributed by atoms with Crippen molar-refractivity contribution in [3.8, 4) is 5.75 Å². The van der Waals surface area contributed by atoms with Crippen LogP contribution in [0.5, 0.6) is 5.75 Å². The first kappa shape index (κ1) is 25.5. The Morgan fingerprint density at radius 2 is 1.72 bits per heavy atom. The molecule has 0 aliphatic heterocycles. The van der Waals surface area contributed by atoms with Gasteiger partial charge < -0.3 is 15.4 Å². The predicted molar refractivity (Wildman–Crippen MR) is 127 cm³/mol. The van der Waals surface area contributed by atoms with Crippen LogP contribution in [0.2, 0.25) is 0 Å². The smallest absolute Gasteiger partial charge is 0.416 e. The average Bonchev–Trinajstić information content (AvgIpc) is 3.36. The van der Waals surface area contributed by atoms with E-state index < -0.39 is 29.1 Å². The van der Waals surface area contributed by atoms with Crippen LogP contribution >= 0.6 is 0 Å². The fourth-order valence-corrected chi connectivity index (χ4v) is 4.66. The van der Waals surface area contributed by atoms with Crippen LogP contribution in [0.15, 0.2) is 66.9 Å². The number of carbonyl (C=O) groups is 1. The average molecular weight is 502 g/mol. The summed E-state index contributed by atoms with van der Waals surface area (Å²) >= 11 is 0. The Bertz CT molecular complexity index is 1180. The number of amides is 2. The van der Waals surface area contributed by atoms with Crippen LogP contribution in [0.25, 0.3) is 0 Å². The zero-order valence-electron chi connectivity index (χ0n) is 19.7. The van der Waals surface area contributed by atoms with E-state index in [0.717, 1.165) is 37.8 Å². The van der Waals surface area contributed by atoms with Crippen LogP contribution in [-0.4, -0.2) is 24.2 Å². The normalized spacial score (nSPS) is 15.8. The number of hydrogen-bond donors (Lipinski definition) is 2. The summed E-state index contributed by atoms with van der Waals surface area (Å²) in [4.78, 5) is 17.7. The quantitative estimate of drug-likeness (QED) is 0.392. The lowest BCUT2D eigenvalue weighted by atomic mass is 9.79. The van der Waals surface area contributed by atoms with Crippen molar-refractivity contribution < 1.29 is 27.1 Å². The van der Waals surface area contributed by atoms with Crippen molar-refractivity contribution in [3.05, 3.63) is 95.1 Å². The summed E-state index contributed by atoms with van der Waals surface area (Å²) in [6, 6.07) is 13.8. The van der Waals surface area contributed by atoms with Gasteiger partial charge in [-0.3, -0.25) is 4.98 Å². The van der Waals surface area contributed by atoms with Gasteiger partial charge in [0.15, 0.2) is 0 Å². The lowest BCUT2D eigenvalue weighted by Crippen LogP contribution is -2.54. The van der Waals surface area contributed by atoms with Crippen LogP contribution in [0.4, 0.5) is 22.4 Å². The van der Waals surface area contributed by atoms with Gasteiger partial charge in [0.2, 0.25) is 0 Å². The van der Waals surface area contributed by atoms with E-state index in [1.165, 1.54) is 13.3 Å². The number of rotatable bonds is 7. The molecule has 190 valence electrons. The Kier molecular flexibility index (Phi) is 7.47. The molecule has 2 amide bonds. The van der Waals surface area contributed by atoms with E-state index in [0.29, 0.717) is 17.4 Å². The highest BCUT2D eigenvalue weighted by Gasteiger charge is 2.41. The molecule has 36 heavy (non-hydrogen) atoms. The van der Waals surface area contributed by atoms with Gasteiger partial charge in [-0.15, -0.1) is 0 Å². The van der Waals surface area contributed by atoms with Crippen molar-refractivity contribution in [2.45, 2.75) is 49.9 Å². The molecule has 0 spiro atoms. The minimum atomic E-state index is -4.78. The van der Waals surface area contributed by atoms with Crippen LogP contribution in [0.1, 0.15) is 48.1 Å². The molecule has 0 radical (unpaired) electrons. The third-order valence-electron chi connectivity index (χ3n) is 6.46. The SMILES string of the molecule is COc1ccc(C(Cc2ccccc2)(NC(=O)NC2CCCC2)c2cc(F)cc(C(F)(F)F)c2)nc1. The van der Waals surface area contributed by atoms with Crippen molar-refractivity contribution in [3.63, 3.8) is 0 Å². The molecule has 1 fully saturated rings. The lowest BCUT2D eigenvalue weighted by Gasteiger charge is -2.36. The van der Waals surface area contributed by atoms with E-state index in [1.807, 2.05) is 0 Å². The number of alkyl halides is 3. The molecule has 3 aromatic rings. The maximum atomic E-state index is 14.7. The molecule has 1 aliphatic carbocycles. The molecule has 4 rings (SSSR count). The van der Waals surface area contributed by atoms with Gasteiger partial charge in [0, 0.05) is 12.5 Å². The molecule has 2 aromatic carbocycles. The Morgan fingerprint density at radius 3 is 2.33 bits per heavy atom. The minimum Gasteiger partial charge on any atom is -0.495 e. The highest BCUT2D eigenvalue weighted by molar-refractivity contribution is 5.76. The van der Waals surface area contributed by atoms with Gasteiger partial charge in [-0.1, -0.05) is 43.2 Å². The first-order valence-corrected chi connectivity index (χ1v) is 11.7. The summed E-state index contributed by atoms with van der Waals surface area (Å²) in [5.41, 5.74) is -1.88. The van der Waals surface area contributed by atoms with Crippen molar-refractivity contribution in [2.24, 2.45) is 0 Å². The molecule has 2 N–H and O–H groups in total. The van der Waals surface area contributed by atoms with Gasteiger partial charge in [0.25, 0.3) is 0 Å². The molecule has 9 heteroatoms. The Hall–Kier alpha value is -3.62. The standard InChI is InChI=1S/C27H27F4N3O2/c1-36-23-11-12-24(32-17-23)26(16-18-7-3-2-4-8-18,34-25(35)33-22-9-5-6-10-22)19-13-20(27(29,30)31)15-21(28)14-19/h2-4,7-8,11-15,17,22H,5-6,9-10,16H2,1H3,(H2,33,34,35). The van der Waals surface area contributed by atoms with Crippen LogP contribution < -0.4 is 15.4 Å². The molecule has 1 aliphatic rings. The van der Waals surface area contributed by atoms with Crippen molar-refractivity contribution >= 4 is 6.03 Å². The number of nitrogens with one attached hydrogen (secondary N) is 2. The molecule has 1 aromatic heterocycles. The summed E-state index contributed by atoms with van der Waals surface area (Å²) < 4.78 is 60.9. The van der Waals surface area contributed by atoms with Gasteiger partial charge in [0.05, 0.1) is 24.6 Å². The second-order valence-electron chi connectivity index (χ2n) is 8.96. The number of carbonyl (C=O) groups excluding carboxylic acids is 1. The summed E-state index contributed by atoms with van der Waals surface area (Å²) in [6.45, 7) is 0. The first-order chi connectivity index (χ1) is 17.2. The topological polar surface area (TPSA) is 63.2 Å². The Labute approximate surface area is 206 Å². The second-order valence-corrected chi connectivity index (χ2v) is 8.96. The summed E-state index contributed by atoms with van der Waals surface area (Å²) in [7, 11) is 1.46. The number of nitrogens with zero attached hydrogens (tertiary/aromatic N) is 1. The zero-order valence-corrected chi connectivity index (χ0v) is 19.7. The molecular formula is C27H27F4N3O2. The summed E-state index contributed by atoms with van der Waals surface area (Å²) in [6.07, 6.45) is 0.268. The largest absolute Gasteiger partial charge is 0.495 e. The van der Waals surface area contributed by atoms with E-state index in [4.69, 9.17) is 4.74 Å². The number of benzene rings is 2. The number of urea groups is 1. The van der Waals surface area contributed by atoms with E-state index in [1.54, 1.807) is 42.5 Å². The third kappa shape index (κ3) is 5.78. The van der Waals surface area contributed by atoms with E-state index in [2.05, 4.69) is 15.6 Å². The predicted octanol–water partition coefficient (Wildman–Crippen LogP) is 5.98. The molecule has 1 heterocycles. The second kappa shape index (κ2) is 10.6. The van der Waals surface area contributed by atoms with Gasteiger partial charge in [0.1, 0.15) is 17.1 Å². The van der Waals surface area contributed by atoms with Crippen LogP contribution in [-0.2, 0) is 18.1 Å². The minimum absolute atomic E-state index is 0.0337. The molecule has 5 nitrogen and oxygen atoms in total. The lowest BCUT2D eigenvalue weighted by molar-refractivity contribution is -0.137. The number of pyridine rings is 1. The summed E-state index contributed by atoms with van der Waals surface area (Å²) in [5, 5.41) is 5.82. The van der Waals surface area contributed by atoms with E-state index in [9.17, 15) is 22.4 Å². The molecule has 0 bridgehead atoms. The molecule has 1 atom stereocenters. The number of halogens is 4. The van der Waals surface area contributed by atoms with Crippen molar-refractivity contribution in [1.29, 1.82) is 0 Å². The first-order valence-electron chi connectivity index (χ1n) is 11.7. The Morgan fingerprint density at radius 1 is 1.03 bits per heavy atom. The van der Waals surface area contributed by atoms with Gasteiger partial charge in [-0.05, 0) is 54.3 Å².